The number of nitrogens with one attached hydrogen (secondary N) is 6. The van der Waals surface area contributed by atoms with Crippen LogP contribution in [-0.2, 0) is 40.0 Å². The smallest absolute Gasteiger partial charge is 0.243 e. The van der Waals surface area contributed by atoms with E-state index < -0.39 is 96.7 Å². The average Bonchev–Trinajstić information content (AvgIpc) is 3.15. The van der Waals surface area contributed by atoms with E-state index in [1.54, 1.807) is 26.0 Å². The van der Waals surface area contributed by atoms with Gasteiger partial charge in [-0.1, -0.05) is 60.1 Å². The van der Waals surface area contributed by atoms with Crippen molar-refractivity contribution in [2.24, 2.45) is 45.7 Å². The summed E-state index contributed by atoms with van der Waals surface area (Å²) in [6, 6.07) is -0.925. The van der Waals surface area contributed by atoms with Crippen LogP contribution in [0.25, 0.3) is 0 Å². The maximum Gasteiger partial charge on any atom is 0.243 e. The molecule has 0 saturated heterocycles. The Labute approximate surface area is 339 Å². The summed E-state index contributed by atoms with van der Waals surface area (Å²) in [6.45, 7) is 9.75. The van der Waals surface area contributed by atoms with Crippen molar-refractivity contribution in [2.75, 3.05) is 19.7 Å². The van der Waals surface area contributed by atoms with Crippen LogP contribution in [0.1, 0.15) is 79.2 Å². The summed E-state index contributed by atoms with van der Waals surface area (Å²) in [5.41, 5.74) is 22.7. The fourth-order valence-electron chi connectivity index (χ4n) is 5.65. The molecule has 0 fully saturated rings. The normalized spacial score (nSPS) is 14.7. The Morgan fingerprint density at radius 3 is 1.72 bits per heavy atom. The van der Waals surface area contributed by atoms with Crippen LogP contribution >= 0.6 is 0 Å². The van der Waals surface area contributed by atoms with Gasteiger partial charge < -0.3 is 65.0 Å². The Morgan fingerprint density at radius 1 is 0.707 bits per heavy atom. The number of carbonyl (C=O) groups excluding carboxylic acids is 7. The van der Waals surface area contributed by atoms with Crippen molar-refractivity contribution in [1.82, 2.24) is 31.9 Å². The molecule has 0 aromatic heterocycles. The molecule has 58 heavy (non-hydrogen) atoms. The second-order valence-corrected chi connectivity index (χ2v) is 15.2. The van der Waals surface area contributed by atoms with Crippen LogP contribution in [0.2, 0.25) is 0 Å². The third-order valence-electron chi connectivity index (χ3n) is 9.06. The van der Waals surface area contributed by atoms with Crippen molar-refractivity contribution < 1.29 is 43.8 Å². The summed E-state index contributed by atoms with van der Waals surface area (Å²) in [5, 5.41) is 34.4. The minimum absolute atomic E-state index is 0.0188. The number of aromatic hydroxyl groups is 1. The maximum atomic E-state index is 13.7. The number of phenols is 1. The van der Waals surface area contributed by atoms with E-state index in [0.29, 0.717) is 12.0 Å². The molecule has 0 bridgehead atoms. The Balaban J connectivity index is 3.17. The van der Waals surface area contributed by atoms with Crippen LogP contribution in [0.4, 0.5) is 0 Å². The third-order valence-corrected chi connectivity index (χ3v) is 9.06. The minimum atomic E-state index is -1.25. The zero-order valence-corrected chi connectivity index (χ0v) is 34.4. The zero-order chi connectivity index (χ0) is 44.1. The summed E-state index contributed by atoms with van der Waals surface area (Å²) in [5.74, 6) is -5.79. The molecule has 20 nitrogen and oxygen atoms in total. The van der Waals surface area contributed by atoms with Gasteiger partial charge in [-0.05, 0) is 61.1 Å². The summed E-state index contributed by atoms with van der Waals surface area (Å²) in [4.78, 5) is 95.9. The number of phenolic OH excluding ortho intramolecular Hbond substituents is 1. The number of nitrogens with zero attached hydrogens (tertiary/aromatic N) is 1. The lowest BCUT2D eigenvalue weighted by Crippen LogP contribution is -2.59. The maximum absolute atomic E-state index is 13.7. The van der Waals surface area contributed by atoms with Crippen LogP contribution < -0.4 is 54.8 Å². The van der Waals surface area contributed by atoms with E-state index in [9.17, 15) is 43.8 Å². The van der Waals surface area contributed by atoms with E-state index in [4.69, 9.17) is 22.9 Å². The summed E-state index contributed by atoms with van der Waals surface area (Å²) < 4.78 is 0. The Kier molecular flexibility index (Phi) is 22.4. The number of hydrogen-bond donors (Lipinski definition) is 12. The minimum Gasteiger partial charge on any atom is -0.508 e. The van der Waals surface area contributed by atoms with Crippen molar-refractivity contribution in [3.8, 4) is 5.75 Å². The molecule has 0 aliphatic heterocycles. The Bertz CT molecular complexity index is 1550. The van der Waals surface area contributed by atoms with E-state index in [1.165, 1.54) is 12.1 Å². The number of aliphatic imine (C=N–C) groups is 1. The molecule has 0 aliphatic carbocycles. The number of hydrogen-bond acceptors (Lipinski definition) is 11. The lowest BCUT2D eigenvalue weighted by Gasteiger charge is -2.28. The number of guanidine groups is 1. The van der Waals surface area contributed by atoms with Gasteiger partial charge in [0.1, 0.15) is 42.0 Å². The first-order valence-corrected chi connectivity index (χ1v) is 19.5. The van der Waals surface area contributed by atoms with Gasteiger partial charge >= 0.3 is 0 Å². The van der Waals surface area contributed by atoms with Gasteiger partial charge in [0.2, 0.25) is 41.4 Å². The van der Waals surface area contributed by atoms with Gasteiger partial charge in [-0.2, -0.15) is 0 Å². The molecule has 0 radical (unpaired) electrons. The lowest BCUT2D eigenvalue weighted by atomic mass is 9.96. The highest BCUT2D eigenvalue weighted by molar-refractivity contribution is 5.96. The van der Waals surface area contributed by atoms with E-state index in [2.05, 4.69) is 36.9 Å². The topological polar surface area (TPSA) is 349 Å². The van der Waals surface area contributed by atoms with Crippen molar-refractivity contribution in [3.63, 3.8) is 0 Å². The van der Waals surface area contributed by atoms with Crippen LogP contribution in [-0.4, -0.2) is 113 Å². The average molecular weight is 820 g/mol. The van der Waals surface area contributed by atoms with Gasteiger partial charge in [0, 0.05) is 13.0 Å². The molecule has 16 N–H and O–H groups in total. The highest BCUT2D eigenvalue weighted by Crippen LogP contribution is 2.14. The quantitative estimate of drug-likeness (QED) is 0.0262. The van der Waals surface area contributed by atoms with Crippen molar-refractivity contribution in [3.05, 3.63) is 29.8 Å². The number of primary amides is 1. The fourth-order valence-corrected chi connectivity index (χ4v) is 5.65. The van der Waals surface area contributed by atoms with E-state index in [-0.39, 0.29) is 62.2 Å². The van der Waals surface area contributed by atoms with Crippen molar-refractivity contribution >= 4 is 47.3 Å². The molecule has 0 saturated carbocycles. The monoisotopic (exact) mass is 819 g/mol. The predicted molar refractivity (Wildman–Crippen MR) is 217 cm³/mol. The molecular formula is C38H65N11O9. The highest BCUT2D eigenvalue weighted by atomic mass is 16.3. The first kappa shape index (κ1) is 50.5. The van der Waals surface area contributed by atoms with Gasteiger partial charge in [-0.25, -0.2) is 0 Å². The fraction of sp³-hybridized carbons (Fsp3) is 0.632. The van der Waals surface area contributed by atoms with Crippen LogP contribution in [0.5, 0.6) is 5.75 Å². The van der Waals surface area contributed by atoms with Gasteiger partial charge in [-0.15, -0.1) is 0 Å². The Hall–Kier alpha value is -5.50. The second-order valence-electron chi connectivity index (χ2n) is 15.2. The summed E-state index contributed by atoms with van der Waals surface area (Å²) in [6.07, 6.45) is 1.11. The highest BCUT2D eigenvalue weighted by Gasteiger charge is 2.33. The number of carbonyl (C=O) groups is 7. The van der Waals surface area contributed by atoms with Gasteiger partial charge in [0.05, 0.1) is 13.2 Å². The Morgan fingerprint density at radius 2 is 1.22 bits per heavy atom. The van der Waals surface area contributed by atoms with Gasteiger partial charge in [-0.3, -0.25) is 38.6 Å². The number of aliphatic hydroxyl groups is 1. The van der Waals surface area contributed by atoms with E-state index in [0.717, 1.165) is 0 Å². The van der Waals surface area contributed by atoms with Crippen LogP contribution in [0, 0.1) is 17.8 Å². The largest absolute Gasteiger partial charge is 0.508 e. The second kappa shape index (κ2) is 25.7. The molecule has 7 amide bonds. The number of nitrogens with two attached hydrogens (primary N) is 4. The van der Waals surface area contributed by atoms with Crippen molar-refractivity contribution in [1.29, 1.82) is 0 Å². The predicted octanol–water partition coefficient (Wildman–Crippen LogP) is -2.53. The molecule has 1 rings (SSSR count). The molecule has 0 aliphatic rings. The number of amides is 7. The molecule has 20 heteroatoms. The molecule has 1 aromatic carbocycles. The third kappa shape index (κ3) is 19.1. The van der Waals surface area contributed by atoms with Crippen molar-refractivity contribution in [2.45, 2.75) is 116 Å². The van der Waals surface area contributed by atoms with E-state index in [1.807, 2.05) is 27.7 Å². The molecule has 7 atom stereocenters. The first-order valence-electron chi connectivity index (χ1n) is 19.5. The number of rotatable bonds is 26. The van der Waals surface area contributed by atoms with E-state index >= 15 is 0 Å². The van der Waals surface area contributed by atoms with Gasteiger partial charge in [0.15, 0.2) is 5.96 Å². The van der Waals surface area contributed by atoms with Crippen LogP contribution in [0.15, 0.2) is 29.3 Å². The lowest BCUT2D eigenvalue weighted by molar-refractivity contribution is -0.135. The standard InChI is InChI=1S/C38H65N11O9/c1-7-22(6)31(49-36(57)29(16-21(4)5)47-33(54)25(39)19-50)37(58)44-18-30(52)45-26(9-8-14-43-38(41)42)34(55)48-28(15-20(2)3)35(56)46-27(32(40)53)17-23-10-12-24(51)13-11-23/h10-13,20-22,25-29,31,50-51H,7-9,14-19,39H2,1-6H3,(H2,40,53)(H,44,58)(H,45,52)(H,46,56)(H,47,54)(H,48,55)(H,49,57)(H4,41,42,43)/t22-,25-,26-,27-,28-,29-,31-/m0/s1. The molecule has 0 unspecified atom stereocenters. The zero-order valence-electron chi connectivity index (χ0n) is 34.4. The molecule has 1 aromatic rings. The molecule has 326 valence electrons. The molecular weight excluding hydrogens is 754 g/mol. The summed E-state index contributed by atoms with van der Waals surface area (Å²) >= 11 is 0. The molecule has 0 spiro atoms. The number of aliphatic hydroxyl groups excluding tert-OH is 1. The summed E-state index contributed by atoms with van der Waals surface area (Å²) in [7, 11) is 0. The number of benzene rings is 1. The molecule has 0 heterocycles. The SMILES string of the molecule is CC[C@H](C)[C@H](NC(=O)[C@H](CC(C)C)NC(=O)[C@@H](N)CO)C(=O)NCC(=O)N[C@@H](CCCN=C(N)N)C(=O)N[C@@H](CC(C)C)C(=O)N[C@@H](Cc1ccc(O)cc1)C(N)=O. The van der Waals surface area contributed by atoms with Crippen LogP contribution in [0.3, 0.4) is 0 Å². The first-order chi connectivity index (χ1) is 27.2. The van der Waals surface area contributed by atoms with Gasteiger partial charge in [0.25, 0.3) is 0 Å².